The van der Waals surface area contributed by atoms with Gasteiger partial charge in [0.25, 0.3) is 11.4 Å². The van der Waals surface area contributed by atoms with Gasteiger partial charge in [0.1, 0.15) is 0 Å². The molecule has 0 aliphatic rings. The van der Waals surface area contributed by atoms with Crippen LogP contribution in [0.5, 0.6) is 0 Å². The monoisotopic (exact) mass is 462 g/mol. The lowest BCUT2D eigenvalue weighted by atomic mass is 10.0. The second-order valence-corrected chi connectivity index (χ2v) is 7.31. The molecule has 0 bridgehead atoms. The molecule has 0 spiro atoms. The summed E-state index contributed by atoms with van der Waals surface area (Å²) in [6, 6.07) is 17.4. The summed E-state index contributed by atoms with van der Waals surface area (Å²) in [6.45, 7) is 3.43. The SMILES string of the molecule is Cc1ccc(-c2cccc(Cl)c2)cc1[N+](=O)[O-].Cc1ccc(Br)cc1[N+](=O)[O-]. The number of halogens is 2. The summed E-state index contributed by atoms with van der Waals surface area (Å²) in [5.41, 5.74) is 3.28. The highest BCUT2D eigenvalue weighted by Gasteiger charge is 2.12. The maximum absolute atomic E-state index is 10.9. The van der Waals surface area contributed by atoms with Crippen LogP contribution in [-0.2, 0) is 0 Å². The normalized spacial score (nSPS) is 10.0. The van der Waals surface area contributed by atoms with Gasteiger partial charge in [0.05, 0.1) is 9.85 Å². The van der Waals surface area contributed by atoms with E-state index in [1.165, 1.54) is 6.07 Å². The van der Waals surface area contributed by atoms with Crippen molar-refractivity contribution >= 4 is 38.9 Å². The molecule has 3 aromatic carbocycles. The second-order valence-electron chi connectivity index (χ2n) is 5.96. The Hall–Kier alpha value is -2.77. The number of nitro benzene ring substituents is 2. The highest BCUT2D eigenvalue weighted by molar-refractivity contribution is 9.10. The molecule has 0 atom stereocenters. The molecular formula is C20H16BrClN2O4. The molecule has 3 aromatic rings. The predicted molar refractivity (Wildman–Crippen MR) is 114 cm³/mol. The molecule has 0 unspecified atom stereocenters. The van der Waals surface area contributed by atoms with Crippen molar-refractivity contribution in [1.29, 1.82) is 0 Å². The molecular weight excluding hydrogens is 448 g/mol. The lowest BCUT2D eigenvalue weighted by Crippen LogP contribution is -1.92. The van der Waals surface area contributed by atoms with E-state index in [9.17, 15) is 20.2 Å². The van der Waals surface area contributed by atoms with E-state index < -0.39 is 0 Å². The van der Waals surface area contributed by atoms with Gasteiger partial charge in [-0.15, -0.1) is 0 Å². The predicted octanol–water partition coefficient (Wildman–Crippen LogP) is 6.89. The Morgan fingerprint density at radius 3 is 1.86 bits per heavy atom. The third-order valence-corrected chi connectivity index (χ3v) is 4.66. The minimum atomic E-state index is -0.389. The van der Waals surface area contributed by atoms with E-state index in [2.05, 4.69) is 15.9 Å². The number of hydrogen-bond acceptors (Lipinski definition) is 4. The van der Waals surface area contributed by atoms with Crippen molar-refractivity contribution in [2.45, 2.75) is 13.8 Å². The van der Waals surface area contributed by atoms with Crippen LogP contribution >= 0.6 is 27.5 Å². The van der Waals surface area contributed by atoms with Crippen LogP contribution in [0.1, 0.15) is 11.1 Å². The Bertz CT molecular complexity index is 1040. The van der Waals surface area contributed by atoms with Gasteiger partial charge in [-0.1, -0.05) is 57.9 Å². The highest BCUT2D eigenvalue weighted by atomic mass is 79.9. The zero-order valence-electron chi connectivity index (χ0n) is 15.1. The quantitative estimate of drug-likeness (QED) is 0.312. The van der Waals surface area contributed by atoms with Gasteiger partial charge in [0.2, 0.25) is 0 Å². The van der Waals surface area contributed by atoms with Crippen molar-refractivity contribution in [3.63, 3.8) is 0 Å². The van der Waals surface area contributed by atoms with Gasteiger partial charge >= 0.3 is 0 Å². The van der Waals surface area contributed by atoms with Gasteiger partial charge in [-0.3, -0.25) is 20.2 Å². The standard InChI is InChI=1S/C13H10ClNO2.C7H6BrNO2/c1-9-5-6-11(8-13(9)15(16)17)10-3-2-4-12(14)7-10;1-5-2-3-6(8)4-7(5)9(10)11/h2-8H,1H3;2-4H,1H3. The van der Waals surface area contributed by atoms with E-state index in [4.69, 9.17) is 11.6 Å². The molecule has 0 radical (unpaired) electrons. The number of aryl methyl sites for hydroxylation is 2. The third-order valence-electron chi connectivity index (χ3n) is 3.93. The fourth-order valence-electron chi connectivity index (χ4n) is 2.43. The number of nitrogens with zero attached hydrogens (tertiary/aromatic N) is 2. The first-order valence-corrected chi connectivity index (χ1v) is 9.27. The van der Waals surface area contributed by atoms with E-state index in [0.29, 0.717) is 16.1 Å². The van der Waals surface area contributed by atoms with Gasteiger partial charge < -0.3 is 0 Å². The van der Waals surface area contributed by atoms with Crippen LogP contribution in [0.2, 0.25) is 5.02 Å². The Morgan fingerprint density at radius 1 is 0.786 bits per heavy atom. The molecule has 144 valence electrons. The molecule has 0 aromatic heterocycles. The maximum Gasteiger partial charge on any atom is 0.273 e. The zero-order valence-corrected chi connectivity index (χ0v) is 17.4. The summed E-state index contributed by atoms with van der Waals surface area (Å²) in [4.78, 5) is 20.4. The Morgan fingerprint density at radius 2 is 1.32 bits per heavy atom. The zero-order chi connectivity index (χ0) is 20.8. The molecule has 3 rings (SSSR count). The summed E-state index contributed by atoms with van der Waals surface area (Å²) in [7, 11) is 0. The smallest absolute Gasteiger partial charge is 0.258 e. The molecule has 0 fully saturated rings. The van der Waals surface area contributed by atoms with Crippen LogP contribution in [0, 0.1) is 34.1 Å². The van der Waals surface area contributed by atoms with Crippen LogP contribution in [0.4, 0.5) is 11.4 Å². The summed E-state index contributed by atoms with van der Waals surface area (Å²) in [5, 5.41) is 21.8. The van der Waals surface area contributed by atoms with Crippen molar-refractivity contribution in [1.82, 2.24) is 0 Å². The van der Waals surface area contributed by atoms with Crippen molar-refractivity contribution in [3.05, 3.63) is 102 Å². The minimum absolute atomic E-state index is 0.127. The number of benzene rings is 3. The average molecular weight is 464 g/mol. The maximum atomic E-state index is 10.9. The molecule has 0 amide bonds. The summed E-state index contributed by atoms with van der Waals surface area (Å²) < 4.78 is 0.731. The second kappa shape index (κ2) is 9.43. The Balaban J connectivity index is 0.000000221. The first kappa shape index (κ1) is 21.5. The Kier molecular flexibility index (Phi) is 7.25. The Labute approximate surface area is 175 Å². The summed E-state index contributed by atoms with van der Waals surface area (Å²) in [5.74, 6) is 0. The molecule has 0 aliphatic carbocycles. The van der Waals surface area contributed by atoms with Gasteiger partial charge in [-0.05, 0) is 43.2 Å². The average Bonchev–Trinajstić information content (AvgIpc) is 2.64. The minimum Gasteiger partial charge on any atom is -0.258 e. The van der Waals surface area contributed by atoms with E-state index >= 15 is 0 Å². The van der Waals surface area contributed by atoms with Crippen molar-refractivity contribution < 1.29 is 9.85 Å². The first-order valence-electron chi connectivity index (χ1n) is 8.10. The molecule has 0 saturated heterocycles. The number of rotatable bonds is 3. The fourth-order valence-corrected chi connectivity index (χ4v) is 2.97. The van der Waals surface area contributed by atoms with Gasteiger partial charge in [0, 0.05) is 32.8 Å². The first-order chi connectivity index (χ1) is 13.2. The van der Waals surface area contributed by atoms with Crippen LogP contribution in [0.15, 0.2) is 65.1 Å². The lowest BCUT2D eigenvalue weighted by molar-refractivity contribution is -0.385. The van der Waals surface area contributed by atoms with Crippen molar-refractivity contribution in [2.75, 3.05) is 0 Å². The molecule has 0 N–H and O–H groups in total. The van der Waals surface area contributed by atoms with Crippen LogP contribution in [0.3, 0.4) is 0 Å². The molecule has 28 heavy (non-hydrogen) atoms. The molecule has 6 nitrogen and oxygen atoms in total. The van der Waals surface area contributed by atoms with Crippen molar-refractivity contribution in [2.24, 2.45) is 0 Å². The van der Waals surface area contributed by atoms with Crippen molar-refractivity contribution in [3.8, 4) is 11.1 Å². The lowest BCUT2D eigenvalue weighted by Gasteiger charge is -2.03. The van der Waals surface area contributed by atoms with Crippen LogP contribution in [-0.4, -0.2) is 9.85 Å². The van der Waals surface area contributed by atoms with Crippen LogP contribution in [0.25, 0.3) is 11.1 Å². The molecule has 0 aliphatic heterocycles. The van der Waals surface area contributed by atoms with Gasteiger partial charge in [-0.25, -0.2) is 0 Å². The summed E-state index contributed by atoms with van der Waals surface area (Å²) >= 11 is 9.05. The van der Waals surface area contributed by atoms with E-state index in [-0.39, 0.29) is 21.2 Å². The molecule has 0 saturated carbocycles. The number of hydrogen-bond donors (Lipinski definition) is 0. The topological polar surface area (TPSA) is 86.3 Å². The van der Waals surface area contributed by atoms with Gasteiger partial charge in [-0.2, -0.15) is 0 Å². The third kappa shape index (κ3) is 5.61. The fraction of sp³-hybridized carbons (Fsp3) is 0.100. The largest absolute Gasteiger partial charge is 0.273 e. The summed E-state index contributed by atoms with van der Waals surface area (Å²) in [6.07, 6.45) is 0. The van der Waals surface area contributed by atoms with E-state index in [1.54, 1.807) is 50.2 Å². The van der Waals surface area contributed by atoms with Crippen LogP contribution < -0.4 is 0 Å². The number of nitro groups is 2. The highest BCUT2D eigenvalue weighted by Crippen LogP contribution is 2.28. The van der Waals surface area contributed by atoms with Gasteiger partial charge in [0.15, 0.2) is 0 Å². The van der Waals surface area contributed by atoms with E-state index in [1.807, 2.05) is 18.2 Å². The molecule has 8 heteroatoms. The van der Waals surface area contributed by atoms with E-state index in [0.717, 1.165) is 15.6 Å². The molecule has 0 heterocycles.